The van der Waals surface area contributed by atoms with E-state index in [1.54, 1.807) is 11.3 Å². The molecule has 0 bridgehead atoms. The van der Waals surface area contributed by atoms with Gasteiger partial charge in [-0.15, -0.1) is 11.3 Å². The topological polar surface area (TPSA) is 57.3 Å². The fourth-order valence-corrected chi connectivity index (χ4v) is 3.79. The van der Waals surface area contributed by atoms with Crippen molar-refractivity contribution in [1.29, 1.82) is 0 Å². The summed E-state index contributed by atoms with van der Waals surface area (Å²) >= 11 is 7.57. The van der Waals surface area contributed by atoms with Crippen molar-refractivity contribution >= 4 is 39.8 Å². The number of nitrogens with zero attached hydrogens (tertiary/aromatic N) is 2. The lowest BCUT2D eigenvalue weighted by atomic mass is 10.1. The fraction of sp³-hybridized carbons (Fsp3) is 0.111. The zero-order valence-electron chi connectivity index (χ0n) is 13.2. The summed E-state index contributed by atoms with van der Waals surface area (Å²) in [6, 6.07) is 12.1. The van der Waals surface area contributed by atoms with Crippen LogP contribution in [-0.4, -0.2) is 15.5 Å². The number of oxazole rings is 1. The van der Waals surface area contributed by atoms with Gasteiger partial charge in [-0.3, -0.25) is 4.79 Å². The Hall–Kier alpha value is -2.57. The highest BCUT2D eigenvalue weighted by atomic mass is 35.5. The fourth-order valence-electron chi connectivity index (χ4n) is 2.75. The number of carbonyl (C=O) groups excluding carboxylic acids is 1. The number of benzene rings is 1. The maximum atomic E-state index is 12.1. The van der Waals surface area contributed by atoms with Crippen LogP contribution in [-0.2, 0) is 18.3 Å². The lowest BCUT2D eigenvalue weighted by Gasteiger charge is -2.04. The summed E-state index contributed by atoms with van der Waals surface area (Å²) in [5.74, 6) is -0.217. The van der Waals surface area contributed by atoms with E-state index in [0.717, 1.165) is 31.4 Å². The van der Waals surface area contributed by atoms with Crippen LogP contribution >= 0.6 is 22.9 Å². The van der Waals surface area contributed by atoms with E-state index >= 15 is 0 Å². The van der Waals surface area contributed by atoms with Crippen LogP contribution < -0.4 is 4.74 Å². The van der Waals surface area contributed by atoms with E-state index < -0.39 is 0 Å². The van der Waals surface area contributed by atoms with E-state index in [4.69, 9.17) is 20.8 Å². The SMILES string of the molecule is Cn1c(CC(=O)Oc2cocn2)cc2cc(-c3ccc(Cl)s3)ccc21. The Morgan fingerprint density at radius 3 is 2.92 bits per heavy atom. The number of aromatic nitrogens is 2. The van der Waals surface area contributed by atoms with E-state index in [1.165, 1.54) is 12.7 Å². The van der Waals surface area contributed by atoms with E-state index in [-0.39, 0.29) is 18.3 Å². The molecule has 0 amide bonds. The van der Waals surface area contributed by atoms with Crippen LogP contribution in [0.15, 0.2) is 53.5 Å². The first-order valence-corrected chi connectivity index (χ1v) is 8.72. The van der Waals surface area contributed by atoms with Gasteiger partial charge in [0, 0.05) is 28.5 Å². The van der Waals surface area contributed by atoms with Gasteiger partial charge in [-0.25, -0.2) is 0 Å². The Kier molecular flexibility index (Phi) is 4.07. The van der Waals surface area contributed by atoms with Crippen molar-refractivity contribution in [3.63, 3.8) is 0 Å². The number of halogens is 1. The second-order valence-electron chi connectivity index (χ2n) is 5.55. The molecule has 7 heteroatoms. The average molecular weight is 373 g/mol. The second-order valence-corrected chi connectivity index (χ2v) is 7.26. The monoisotopic (exact) mass is 372 g/mol. The molecule has 0 atom stereocenters. The van der Waals surface area contributed by atoms with E-state index in [2.05, 4.69) is 17.1 Å². The minimum atomic E-state index is -0.384. The molecule has 3 heterocycles. The summed E-state index contributed by atoms with van der Waals surface area (Å²) < 4.78 is 12.7. The quantitative estimate of drug-likeness (QED) is 0.487. The smallest absolute Gasteiger partial charge is 0.318 e. The predicted molar refractivity (Wildman–Crippen MR) is 97.1 cm³/mol. The second kappa shape index (κ2) is 6.38. The zero-order chi connectivity index (χ0) is 17.4. The van der Waals surface area contributed by atoms with Crippen LogP contribution in [0.2, 0.25) is 4.34 Å². The number of fused-ring (bicyclic) bond motifs is 1. The molecule has 0 aliphatic carbocycles. The number of ether oxygens (including phenoxy) is 1. The Balaban J connectivity index is 1.61. The van der Waals surface area contributed by atoms with Crippen LogP contribution in [0.3, 0.4) is 0 Å². The number of hydrogen-bond acceptors (Lipinski definition) is 5. The van der Waals surface area contributed by atoms with Gasteiger partial charge in [0.15, 0.2) is 12.7 Å². The van der Waals surface area contributed by atoms with Crippen LogP contribution in [0, 0.1) is 0 Å². The van der Waals surface area contributed by atoms with Crippen LogP contribution in [0.1, 0.15) is 5.69 Å². The molecule has 0 aliphatic rings. The predicted octanol–water partition coefficient (Wildman–Crippen LogP) is 4.70. The maximum absolute atomic E-state index is 12.1. The summed E-state index contributed by atoms with van der Waals surface area (Å²) in [4.78, 5) is 17.0. The normalized spacial score (nSPS) is 11.1. The van der Waals surface area contributed by atoms with Crippen molar-refractivity contribution in [2.45, 2.75) is 6.42 Å². The molecule has 0 radical (unpaired) electrons. The molecule has 0 spiro atoms. The summed E-state index contributed by atoms with van der Waals surface area (Å²) in [6.07, 6.45) is 2.66. The Bertz CT molecular complexity index is 1050. The third-order valence-electron chi connectivity index (χ3n) is 3.95. The Labute approximate surface area is 152 Å². The molecule has 1 aromatic carbocycles. The van der Waals surface area contributed by atoms with Crippen molar-refractivity contribution in [3.05, 3.63) is 59.1 Å². The van der Waals surface area contributed by atoms with Crippen LogP contribution in [0.5, 0.6) is 5.88 Å². The molecule has 0 saturated heterocycles. The molecule has 4 aromatic rings. The van der Waals surface area contributed by atoms with E-state index in [1.807, 2.05) is 35.9 Å². The third kappa shape index (κ3) is 3.18. The molecular weight excluding hydrogens is 360 g/mol. The van der Waals surface area contributed by atoms with Crippen molar-refractivity contribution in [3.8, 4) is 16.3 Å². The summed E-state index contributed by atoms with van der Waals surface area (Å²) in [6.45, 7) is 0. The Morgan fingerprint density at radius 1 is 1.32 bits per heavy atom. The van der Waals surface area contributed by atoms with Crippen molar-refractivity contribution in [2.24, 2.45) is 7.05 Å². The first kappa shape index (κ1) is 15.9. The van der Waals surface area contributed by atoms with Gasteiger partial charge in [0.25, 0.3) is 5.88 Å². The highest BCUT2D eigenvalue weighted by Gasteiger charge is 2.14. The van der Waals surface area contributed by atoms with Crippen molar-refractivity contribution in [1.82, 2.24) is 9.55 Å². The van der Waals surface area contributed by atoms with E-state index in [9.17, 15) is 4.79 Å². The molecule has 5 nitrogen and oxygen atoms in total. The summed E-state index contributed by atoms with van der Waals surface area (Å²) in [5, 5.41) is 1.06. The molecule has 0 unspecified atom stereocenters. The lowest BCUT2D eigenvalue weighted by Crippen LogP contribution is -2.13. The molecule has 0 saturated carbocycles. The number of carbonyl (C=O) groups is 1. The van der Waals surface area contributed by atoms with Gasteiger partial charge < -0.3 is 13.7 Å². The highest BCUT2D eigenvalue weighted by Crippen LogP contribution is 2.33. The van der Waals surface area contributed by atoms with Gasteiger partial charge in [-0.05, 0) is 35.9 Å². The van der Waals surface area contributed by atoms with Crippen LogP contribution in [0.4, 0.5) is 0 Å². The largest absolute Gasteiger partial charge is 0.448 e. The third-order valence-corrected chi connectivity index (χ3v) is 5.23. The number of rotatable bonds is 4. The number of esters is 1. The molecule has 25 heavy (non-hydrogen) atoms. The highest BCUT2D eigenvalue weighted by molar-refractivity contribution is 7.19. The number of hydrogen-bond donors (Lipinski definition) is 0. The minimum Gasteiger partial charge on any atom is -0.448 e. The number of aryl methyl sites for hydroxylation is 1. The Morgan fingerprint density at radius 2 is 2.20 bits per heavy atom. The first-order chi connectivity index (χ1) is 12.1. The molecular formula is C18H13ClN2O3S. The number of thiophene rings is 1. The summed E-state index contributed by atoms with van der Waals surface area (Å²) in [7, 11) is 1.93. The first-order valence-electron chi connectivity index (χ1n) is 7.53. The molecule has 126 valence electrons. The molecule has 3 aromatic heterocycles. The van der Waals surface area contributed by atoms with Gasteiger partial charge >= 0.3 is 5.97 Å². The van der Waals surface area contributed by atoms with Gasteiger partial charge in [-0.2, -0.15) is 4.98 Å². The van der Waals surface area contributed by atoms with Crippen molar-refractivity contribution in [2.75, 3.05) is 0 Å². The summed E-state index contributed by atoms with van der Waals surface area (Å²) in [5.41, 5.74) is 3.02. The molecule has 4 rings (SSSR count). The van der Waals surface area contributed by atoms with Crippen LogP contribution in [0.25, 0.3) is 21.3 Å². The van der Waals surface area contributed by atoms with Gasteiger partial charge in [0.05, 0.1) is 10.8 Å². The van der Waals surface area contributed by atoms with E-state index in [0.29, 0.717) is 0 Å². The molecule has 0 aliphatic heterocycles. The maximum Gasteiger partial charge on any atom is 0.318 e. The zero-order valence-corrected chi connectivity index (χ0v) is 14.8. The van der Waals surface area contributed by atoms with Crippen molar-refractivity contribution < 1.29 is 13.9 Å². The molecule has 0 fully saturated rings. The van der Waals surface area contributed by atoms with Gasteiger partial charge in [0.2, 0.25) is 0 Å². The standard InChI is InChI=1S/C18H13ClN2O3S/c1-21-13(8-18(22)24-17-9-23-10-20-17)7-12-6-11(2-3-14(12)21)15-4-5-16(19)25-15/h2-7,9-10H,8H2,1H3. The minimum absolute atomic E-state index is 0.151. The average Bonchev–Trinajstić information content (AvgIpc) is 3.30. The molecule has 0 N–H and O–H groups in total. The van der Waals surface area contributed by atoms with Gasteiger partial charge in [-0.1, -0.05) is 17.7 Å². The van der Waals surface area contributed by atoms with Gasteiger partial charge in [0.1, 0.15) is 0 Å². The lowest BCUT2D eigenvalue weighted by molar-refractivity contribution is -0.134.